The average molecular weight is 248 g/mol. The molecule has 1 atom stereocenters. The predicted octanol–water partition coefficient (Wildman–Crippen LogP) is 3.25. The maximum atomic E-state index is 9.43. The van der Waals surface area contributed by atoms with E-state index in [1.807, 2.05) is 25.2 Å². The number of hydrogen-bond donors (Lipinski definition) is 1. The Morgan fingerprint density at radius 1 is 1.17 bits per heavy atom. The lowest BCUT2D eigenvalue weighted by Gasteiger charge is -2.00. The van der Waals surface area contributed by atoms with E-state index >= 15 is 0 Å². The number of allylic oxidation sites excluding steroid dienone is 4. The van der Waals surface area contributed by atoms with Gasteiger partial charge >= 0.3 is 0 Å². The Morgan fingerprint density at radius 3 is 2.50 bits per heavy atom. The van der Waals surface area contributed by atoms with Crippen LogP contribution in [0.1, 0.15) is 32.6 Å². The topological polar surface area (TPSA) is 29.5 Å². The number of aliphatic hydroxyl groups excluding tert-OH is 1. The summed E-state index contributed by atoms with van der Waals surface area (Å²) >= 11 is 0. The molecule has 0 aliphatic heterocycles. The fourth-order valence-electron chi connectivity index (χ4n) is 1.39. The monoisotopic (exact) mass is 248 g/mol. The van der Waals surface area contributed by atoms with Crippen LogP contribution in [0.4, 0.5) is 0 Å². The Balaban J connectivity index is 3.35. The standard InChI is InChI=1S/C16H24O2/c1-3-12-16(17)13-10-8-6-5-7-9-11-15-18-14-4-2/h2-3,6,8-9,11-12,16-17H,5,7,10,13-15H2,1H3. The Bertz CT molecular complexity index is 295. The summed E-state index contributed by atoms with van der Waals surface area (Å²) < 4.78 is 5.10. The number of unbranched alkanes of at least 4 members (excludes halogenated alkanes) is 1. The highest BCUT2D eigenvalue weighted by Gasteiger charge is 1.94. The van der Waals surface area contributed by atoms with Crippen molar-refractivity contribution in [2.24, 2.45) is 0 Å². The molecule has 0 fully saturated rings. The van der Waals surface area contributed by atoms with Gasteiger partial charge in [0.25, 0.3) is 0 Å². The largest absolute Gasteiger partial charge is 0.389 e. The summed E-state index contributed by atoms with van der Waals surface area (Å²) in [6.45, 7) is 2.88. The van der Waals surface area contributed by atoms with Gasteiger partial charge in [0.1, 0.15) is 6.61 Å². The van der Waals surface area contributed by atoms with Crippen LogP contribution in [0.3, 0.4) is 0 Å². The first-order valence-electron chi connectivity index (χ1n) is 6.43. The third-order valence-corrected chi connectivity index (χ3v) is 2.28. The van der Waals surface area contributed by atoms with E-state index in [0.717, 1.165) is 25.7 Å². The first kappa shape index (κ1) is 16.7. The van der Waals surface area contributed by atoms with Gasteiger partial charge in [0.2, 0.25) is 0 Å². The smallest absolute Gasteiger partial charge is 0.107 e. The third kappa shape index (κ3) is 12.8. The van der Waals surface area contributed by atoms with Gasteiger partial charge < -0.3 is 9.84 Å². The van der Waals surface area contributed by atoms with Gasteiger partial charge in [-0.1, -0.05) is 42.4 Å². The molecule has 0 aliphatic carbocycles. The van der Waals surface area contributed by atoms with Gasteiger partial charge in [-0.3, -0.25) is 0 Å². The van der Waals surface area contributed by atoms with Crippen LogP contribution in [0, 0.1) is 12.3 Å². The lowest BCUT2D eigenvalue weighted by atomic mass is 10.1. The number of hydrogen-bond acceptors (Lipinski definition) is 2. The molecule has 18 heavy (non-hydrogen) atoms. The zero-order valence-corrected chi connectivity index (χ0v) is 11.2. The van der Waals surface area contributed by atoms with E-state index in [1.165, 1.54) is 0 Å². The molecular formula is C16H24O2. The van der Waals surface area contributed by atoms with Crippen molar-refractivity contribution in [3.8, 4) is 12.3 Å². The van der Waals surface area contributed by atoms with Crippen molar-refractivity contribution in [3.63, 3.8) is 0 Å². The molecule has 0 aromatic heterocycles. The third-order valence-electron chi connectivity index (χ3n) is 2.28. The molecule has 0 amide bonds. The average Bonchev–Trinajstić information content (AvgIpc) is 2.36. The van der Waals surface area contributed by atoms with Gasteiger partial charge in [-0.2, -0.15) is 0 Å². The van der Waals surface area contributed by atoms with Crippen molar-refractivity contribution in [3.05, 3.63) is 36.5 Å². The highest BCUT2D eigenvalue weighted by Crippen LogP contribution is 2.01. The Labute approximate surface area is 111 Å². The minimum absolute atomic E-state index is 0.312. The fourth-order valence-corrected chi connectivity index (χ4v) is 1.39. The van der Waals surface area contributed by atoms with Crippen LogP contribution in [0.25, 0.3) is 0 Å². The van der Waals surface area contributed by atoms with E-state index in [0.29, 0.717) is 13.2 Å². The van der Waals surface area contributed by atoms with Gasteiger partial charge in [0, 0.05) is 0 Å². The number of terminal acetylenes is 1. The maximum Gasteiger partial charge on any atom is 0.107 e. The molecule has 0 aromatic carbocycles. The quantitative estimate of drug-likeness (QED) is 0.365. The van der Waals surface area contributed by atoms with Gasteiger partial charge in [-0.25, -0.2) is 0 Å². The second kappa shape index (κ2) is 13.8. The van der Waals surface area contributed by atoms with E-state index in [-0.39, 0.29) is 6.10 Å². The van der Waals surface area contributed by atoms with Crippen LogP contribution >= 0.6 is 0 Å². The number of ether oxygens (including phenoxy) is 1. The second-order valence-electron chi connectivity index (χ2n) is 3.91. The Morgan fingerprint density at radius 2 is 1.83 bits per heavy atom. The molecule has 0 rings (SSSR count). The van der Waals surface area contributed by atoms with E-state index in [2.05, 4.69) is 24.1 Å². The summed E-state index contributed by atoms with van der Waals surface area (Å²) in [5.74, 6) is 2.42. The number of rotatable bonds is 10. The van der Waals surface area contributed by atoms with Gasteiger partial charge in [0.05, 0.1) is 12.7 Å². The van der Waals surface area contributed by atoms with Crippen molar-refractivity contribution >= 4 is 0 Å². The van der Waals surface area contributed by atoms with Gasteiger partial charge in [0.15, 0.2) is 0 Å². The van der Waals surface area contributed by atoms with Crippen molar-refractivity contribution < 1.29 is 9.84 Å². The minimum atomic E-state index is -0.312. The molecule has 0 saturated heterocycles. The van der Waals surface area contributed by atoms with Crippen LogP contribution in [-0.4, -0.2) is 24.4 Å². The van der Waals surface area contributed by atoms with Gasteiger partial charge in [-0.15, -0.1) is 6.42 Å². The molecule has 0 heterocycles. The first-order valence-corrected chi connectivity index (χ1v) is 6.43. The number of aliphatic hydroxyl groups is 1. The zero-order chi connectivity index (χ0) is 13.5. The summed E-state index contributed by atoms with van der Waals surface area (Å²) in [6.07, 6.45) is 20.5. The summed E-state index contributed by atoms with van der Waals surface area (Å²) in [4.78, 5) is 0. The molecule has 0 bridgehead atoms. The summed E-state index contributed by atoms with van der Waals surface area (Å²) in [5, 5.41) is 9.43. The highest BCUT2D eigenvalue weighted by atomic mass is 16.5. The van der Waals surface area contributed by atoms with Gasteiger partial charge in [-0.05, 0) is 32.6 Å². The molecule has 0 spiro atoms. The van der Waals surface area contributed by atoms with Crippen molar-refractivity contribution in [1.29, 1.82) is 0 Å². The van der Waals surface area contributed by atoms with Crippen LogP contribution < -0.4 is 0 Å². The lowest BCUT2D eigenvalue weighted by molar-refractivity contribution is 0.199. The summed E-state index contributed by atoms with van der Waals surface area (Å²) in [6, 6.07) is 0. The Kier molecular flexibility index (Phi) is 12.8. The molecule has 2 nitrogen and oxygen atoms in total. The zero-order valence-electron chi connectivity index (χ0n) is 11.2. The molecular weight excluding hydrogens is 224 g/mol. The van der Waals surface area contributed by atoms with E-state index < -0.39 is 0 Å². The summed E-state index contributed by atoms with van der Waals surface area (Å²) in [5.41, 5.74) is 0. The van der Waals surface area contributed by atoms with E-state index in [1.54, 1.807) is 0 Å². The van der Waals surface area contributed by atoms with Crippen LogP contribution in [-0.2, 0) is 4.74 Å². The molecule has 0 saturated carbocycles. The second-order valence-corrected chi connectivity index (χ2v) is 3.91. The van der Waals surface area contributed by atoms with E-state index in [9.17, 15) is 5.11 Å². The predicted molar refractivity (Wildman–Crippen MR) is 77.2 cm³/mol. The Hall–Kier alpha value is -1.30. The summed E-state index contributed by atoms with van der Waals surface area (Å²) in [7, 11) is 0. The highest BCUT2D eigenvalue weighted by molar-refractivity contribution is 4.91. The van der Waals surface area contributed by atoms with Crippen molar-refractivity contribution in [1.82, 2.24) is 0 Å². The lowest BCUT2D eigenvalue weighted by Crippen LogP contribution is -1.99. The van der Waals surface area contributed by atoms with Crippen LogP contribution in [0.5, 0.6) is 0 Å². The molecule has 1 N–H and O–H groups in total. The molecule has 0 aromatic rings. The van der Waals surface area contributed by atoms with E-state index in [4.69, 9.17) is 11.2 Å². The van der Waals surface area contributed by atoms with Crippen LogP contribution in [0.2, 0.25) is 0 Å². The SMILES string of the molecule is C#CCOCC=CCCC=CCCC(O)C=CC. The van der Waals surface area contributed by atoms with Crippen molar-refractivity contribution in [2.45, 2.75) is 38.7 Å². The fraction of sp³-hybridized carbons (Fsp3) is 0.500. The molecule has 1 unspecified atom stereocenters. The molecule has 2 heteroatoms. The first-order chi connectivity index (χ1) is 8.81. The molecule has 100 valence electrons. The molecule has 0 aliphatic rings. The van der Waals surface area contributed by atoms with Crippen LogP contribution in [0.15, 0.2) is 36.5 Å². The minimum Gasteiger partial charge on any atom is -0.389 e. The normalized spacial score (nSPS) is 13.6. The maximum absolute atomic E-state index is 9.43. The molecule has 0 radical (unpaired) electrons. The van der Waals surface area contributed by atoms with Crippen molar-refractivity contribution in [2.75, 3.05) is 13.2 Å².